The van der Waals surface area contributed by atoms with Gasteiger partial charge in [0.2, 0.25) is 5.91 Å². The number of amides is 1. The van der Waals surface area contributed by atoms with Gasteiger partial charge in [-0.25, -0.2) is 4.68 Å². The van der Waals surface area contributed by atoms with Crippen LogP contribution in [0.15, 0.2) is 6.33 Å². The molecule has 1 N–H and O–H groups in total. The lowest BCUT2D eigenvalue weighted by Crippen LogP contribution is -2.37. The van der Waals surface area contributed by atoms with Gasteiger partial charge in [-0.2, -0.15) is 0 Å². The van der Waals surface area contributed by atoms with Crippen LogP contribution in [-0.4, -0.2) is 45.7 Å². The Morgan fingerprint density at radius 1 is 1.47 bits per heavy atom. The van der Waals surface area contributed by atoms with E-state index in [9.17, 15) is 9.59 Å². The molecule has 0 saturated carbocycles. The lowest BCUT2D eigenvalue weighted by molar-refractivity contribution is -0.140. The molecule has 1 heterocycles. The first-order valence-electron chi connectivity index (χ1n) is 6.17. The lowest BCUT2D eigenvalue weighted by atomic mass is 9.98. The molecule has 1 aromatic heterocycles. The quantitative estimate of drug-likeness (QED) is 0.696. The Hall–Kier alpha value is -1.99. The van der Waals surface area contributed by atoms with Gasteiger partial charge in [0, 0.05) is 6.54 Å². The molecule has 0 fully saturated rings. The van der Waals surface area contributed by atoms with Crippen molar-refractivity contribution in [1.82, 2.24) is 25.5 Å². The number of esters is 1. The maximum absolute atomic E-state index is 12.1. The number of carbonyl (C=O) groups is 2. The molecule has 0 aromatic carbocycles. The van der Waals surface area contributed by atoms with Crippen molar-refractivity contribution in [3.8, 4) is 0 Å². The van der Waals surface area contributed by atoms with Gasteiger partial charge < -0.3 is 10.1 Å². The summed E-state index contributed by atoms with van der Waals surface area (Å²) < 4.78 is 5.94. The Labute approximate surface area is 111 Å². The molecule has 0 aliphatic heterocycles. The van der Waals surface area contributed by atoms with Crippen LogP contribution in [0.3, 0.4) is 0 Å². The summed E-state index contributed by atoms with van der Waals surface area (Å²) in [6, 6.07) is -0.474. The molecule has 2 unspecified atom stereocenters. The number of rotatable bonds is 7. The van der Waals surface area contributed by atoms with Gasteiger partial charge in [0.05, 0.1) is 13.5 Å². The smallest absolute Gasteiger partial charge is 0.307 e. The molecule has 106 valence electrons. The largest absolute Gasteiger partial charge is 0.469 e. The molecule has 1 aromatic rings. The van der Waals surface area contributed by atoms with Crippen LogP contribution in [0, 0.1) is 5.92 Å². The van der Waals surface area contributed by atoms with E-state index in [1.165, 1.54) is 18.1 Å². The van der Waals surface area contributed by atoms with Crippen LogP contribution in [0.4, 0.5) is 0 Å². The second-order valence-corrected chi connectivity index (χ2v) is 4.24. The van der Waals surface area contributed by atoms with Gasteiger partial charge in [0.25, 0.3) is 0 Å². The average Bonchev–Trinajstić information content (AvgIpc) is 2.92. The number of tetrazole rings is 1. The number of hydrogen-bond acceptors (Lipinski definition) is 6. The Kier molecular flexibility index (Phi) is 5.91. The summed E-state index contributed by atoms with van der Waals surface area (Å²) in [4.78, 5) is 23.1. The zero-order valence-electron chi connectivity index (χ0n) is 11.4. The second kappa shape index (κ2) is 7.45. The van der Waals surface area contributed by atoms with Gasteiger partial charge >= 0.3 is 5.97 Å². The topological polar surface area (TPSA) is 99.0 Å². The van der Waals surface area contributed by atoms with Crippen molar-refractivity contribution in [2.24, 2.45) is 5.92 Å². The van der Waals surface area contributed by atoms with Crippen LogP contribution in [0.2, 0.25) is 0 Å². The highest BCUT2D eigenvalue weighted by Gasteiger charge is 2.26. The van der Waals surface area contributed by atoms with Crippen molar-refractivity contribution < 1.29 is 14.3 Å². The highest BCUT2D eigenvalue weighted by atomic mass is 16.5. The molecular formula is C11H19N5O3. The minimum atomic E-state index is -0.474. The highest BCUT2D eigenvalue weighted by molar-refractivity contribution is 5.81. The van der Waals surface area contributed by atoms with E-state index in [1.807, 2.05) is 13.8 Å². The third-order valence-electron chi connectivity index (χ3n) is 2.96. The summed E-state index contributed by atoms with van der Waals surface area (Å²) in [7, 11) is 1.31. The first kappa shape index (κ1) is 15.1. The summed E-state index contributed by atoms with van der Waals surface area (Å²) in [5.74, 6) is -0.477. The molecule has 19 heavy (non-hydrogen) atoms. The van der Waals surface area contributed by atoms with Crippen molar-refractivity contribution >= 4 is 11.9 Å². The summed E-state index contributed by atoms with van der Waals surface area (Å²) in [6.07, 6.45) is 2.37. The van der Waals surface area contributed by atoms with Crippen LogP contribution >= 0.6 is 0 Å². The zero-order chi connectivity index (χ0) is 14.3. The molecule has 8 nitrogen and oxygen atoms in total. The molecule has 0 spiro atoms. The normalized spacial score (nSPS) is 13.6. The highest BCUT2D eigenvalue weighted by Crippen LogP contribution is 2.19. The van der Waals surface area contributed by atoms with Crippen molar-refractivity contribution in [3.05, 3.63) is 6.33 Å². The molecule has 8 heteroatoms. The van der Waals surface area contributed by atoms with E-state index in [1.54, 1.807) is 0 Å². The molecular weight excluding hydrogens is 250 g/mol. The van der Waals surface area contributed by atoms with Crippen LogP contribution in [-0.2, 0) is 14.3 Å². The van der Waals surface area contributed by atoms with E-state index in [-0.39, 0.29) is 30.8 Å². The van der Waals surface area contributed by atoms with Crippen LogP contribution in [0.1, 0.15) is 32.7 Å². The molecule has 0 radical (unpaired) electrons. The predicted octanol–water partition coefficient (Wildman–Crippen LogP) is -0.0604. The van der Waals surface area contributed by atoms with Crippen molar-refractivity contribution in [2.75, 3.05) is 13.7 Å². The Morgan fingerprint density at radius 2 is 2.21 bits per heavy atom. The van der Waals surface area contributed by atoms with Gasteiger partial charge in [0.1, 0.15) is 12.4 Å². The first-order chi connectivity index (χ1) is 9.10. The van der Waals surface area contributed by atoms with Crippen molar-refractivity contribution in [1.29, 1.82) is 0 Å². The molecule has 0 aliphatic carbocycles. The van der Waals surface area contributed by atoms with Gasteiger partial charge in [-0.1, -0.05) is 20.3 Å². The maximum atomic E-state index is 12.1. The van der Waals surface area contributed by atoms with E-state index in [4.69, 9.17) is 0 Å². The average molecular weight is 269 g/mol. The molecule has 1 amide bonds. The third kappa shape index (κ3) is 4.31. The number of carbonyl (C=O) groups excluding carboxylic acids is 2. The first-order valence-corrected chi connectivity index (χ1v) is 6.17. The Bertz CT molecular complexity index is 406. The zero-order valence-corrected chi connectivity index (χ0v) is 11.4. The second-order valence-electron chi connectivity index (χ2n) is 4.24. The minimum absolute atomic E-state index is 0.0848. The standard InChI is InChI=1S/C11H19N5O3/c1-4-8(2)10(16-7-13-14-15-16)11(18)12-6-5-9(17)19-3/h7-8,10H,4-6H2,1-3H3,(H,12,18). The minimum Gasteiger partial charge on any atom is -0.469 e. The summed E-state index contributed by atoms with van der Waals surface area (Å²) in [5, 5.41) is 13.5. The van der Waals surface area contributed by atoms with Crippen molar-refractivity contribution in [3.63, 3.8) is 0 Å². The maximum Gasteiger partial charge on any atom is 0.307 e. The summed E-state index contributed by atoms with van der Waals surface area (Å²) >= 11 is 0. The van der Waals surface area contributed by atoms with Gasteiger partial charge in [-0.05, 0) is 16.3 Å². The van der Waals surface area contributed by atoms with Crippen LogP contribution in [0.25, 0.3) is 0 Å². The number of aromatic nitrogens is 4. The number of ether oxygens (including phenoxy) is 1. The van der Waals surface area contributed by atoms with E-state index in [0.29, 0.717) is 0 Å². The fourth-order valence-corrected chi connectivity index (χ4v) is 1.65. The Morgan fingerprint density at radius 3 is 2.74 bits per heavy atom. The van der Waals surface area contributed by atoms with Gasteiger partial charge in [-0.3, -0.25) is 9.59 Å². The number of methoxy groups -OCH3 is 1. The van der Waals surface area contributed by atoms with Gasteiger partial charge in [-0.15, -0.1) is 5.10 Å². The van der Waals surface area contributed by atoms with Gasteiger partial charge in [0.15, 0.2) is 0 Å². The Balaban J connectivity index is 2.61. The van der Waals surface area contributed by atoms with Crippen molar-refractivity contribution in [2.45, 2.75) is 32.7 Å². The molecule has 0 aliphatic rings. The monoisotopic (exact) mass is 269 g/mol. The lowest BCUT2D eigenvalue weighted by Gasteiger charge is -2.21. The summed E-state index contributed by atoms with van der Waals surface area (Å²) in [5.41, 5.74) is 0. The number of hydrogen-bond donors (Lipinski definition) is 1. The molecule has 0 saturated heterocycles. The van der Waals surface area contributed by atoms with E-state index in [2.05, 4.69) is 25.6 Å². The molecule has 2 atom stereocenters. The molecule has 0 bridgehead atoms. The number of nitrogens with one attached hydrogen (secondary N) is 1. The fourth-order valence-electron chi connectivity index (χ4n) is 1.65. The summed E-state index contributed by atoms with van der Waals surface area (Å²) in [6.45, 7) is 4.18. The van der Waals surface area contributed by atoms with E-state index in [0.717, 1.165) is 6.42 Å². The predicted molar refractivity (Wildman–Crippen MR) is 66.0 cm³/mol. The number of nitrogens with zero attached hydrogens (tertiary/aromatic N) is 4. The fraction of sp³-hybridized carbons (Fsp3) is 0.727. The van der Waals surface area contributed by atoms with E-state index >= 15 is 0 Å². The van der Waals surface area contributed by atoms with Crippen LogP contribution in [0.5, 0.6) is 0 Å². The van der Waals surface area contributed by atoms with Crippen LogP contribution < -0.4 is 5.32 Å². The third-order valence-corrected chi connectivity index (χ3v) is 2.96. The molecule has 1 rings (SSSR count). The van der Waals surface area contributed by atoms with E-state index < -0.39 is 6.04 Å². The SMILES string of the molecule is CCC(C)C(C(=O)NCCC(=O)OC)n1cnnn1.